The quantitative estimate of drug-likeness (QED) is 0.866. The first-order chi connectivity index (χ1) is 9.36. The molecule has 0 radical (unpaired) electrons. The molecule has 0 bridgehead atoms. The fraction of sp³-hybridized carbons (Fsp3) is 0.571. The predicted octanol–water partition coefficient (Wildman–Crippen LogP) is 2.94. The van der Waals surface area contributed by atoms with Gasteiger partial charge < -0.3 is 5.11 Å². The molecule has 1 aromatic rings. The zero-order valence-corrected chi connectivity index (χ0v) is 13.9. The van der Waals surface area contributed by atoms with Gasteiger partial charge in [-0.15, -0.1) is 0 Å². The number of nitrogens with one attached hydrogen (secondary N) is 1. The second-order valence-electron chi connectivity index (χ2n) is 5.65. The second-order valence-corrected chi connectivity index (χ2v) is 8.15. The van der Waals surface area contributed by atoms with Crippen molar-refractivity contribution in [1.29, 1.82) is 0 Å². The SMILES string of the molecule is CC1(NS(=O)(=O)c2ccc(CO)cc2Br)CCCCC1. The summed E-state index contributed by atoms with van der Waals surface area (Å²) in [6.45, 7) is 1.86. The fourth-order valence-corrected chi connectivity index (χ4v) is 5.27. The van der Waals surface area contributed by atoms with Gasteiger partial charge in [-0.2, -0.15) is 0 Å². The van der Waals surface area contributed by atoms with Crippen molar-refractivity contribution in [3.63, 3.8) is 0 Å². The van der Waals surface area contributed by atoms with Crippen LogP contribution in [0.15, 0.2) is 27.6 Å². The monoisotopic (exact) mass is 361 g/mol. The Morgan fingerprint density at radius 3 is 2.50 bits per heavy atom. The van der Waals surface area contributed by atoms with Crippen LogP contribution in [-0.2, 0) is 16.6 Å². The minimum Gasteiger partial charge on any atom is -0.392 e. The first-order valence-corrected chi connectivity index (χ1v) is 9.07. The van der Waals surface area contributed by atoms with E-state index in [-0.39, 0.29) is 17.0 Å². The molecule has 0 aliphatic heterocycles. The summed E-state index contributed by atoms with van der Waals surface area (Å²) in [4.78, 5) is 0.224. The van der Waals surface area contributed by atoms with E-state index in [4.69, 9.17) is 5.11 Å². The highest BCUT2D eigenvalue weighted by atomic mass is 79.9. The number of halogens is 1. The van der Waals surface area contributed by atoms with Gasteiger partial charge in [-0.1, -0.05) is 25.3 Å². The first kappa shape index (κ1) is 15.9. The van der Waals surface area contributed by atoms with Crippen LogP contribution in [-0.4, -0.2) is 19.1 Å². The fourth-order valence-electron chi connectivity index (χ4n) is 2.67. The Labute approximate surface area is 128 Å². The second kappa shape index (κ2) is 6.13. The molecule has 112 valence electrons. The molecule has 20 heavy (non-hydrogen) atoms. The summed E-state index contributed by atoms with van der Waals surface area (Å²) < 4.78 is 28.4. The van der Waals surface area contributed by atoms with Crippen molar-refractivity contribution in [3.05, 3.63) is 28.2 Å². The van der Waals surface area contributed by atoms with E-state index in [1.807, 2.05) is 6.92 Å². The molecule has 0 atom stereocenters. The third-order valence-corrected chi connectivity index (χ3v) is 6.42. The lowest BCUT2D eigenvalue weighted by Gasteiger charge is -2.34. The average Bonchev–Trinajstić information content (AvgIpc) is 2.37. The average molecular weight is 362 g/mol. The van der Waals surface area contributed by atoms with Gasteiger partial charge >= 0.3 is 0 Å². The number of aliphatic hydroxyl groups is 1. The maximum absolute atomic E-state index is 12.5. The van der Waals surface area contributed by atoms with Crippen molar-refractivity contribution < 1.29 is 13.5 Å². The summed E-state index contributed by atoms with van der Waals surface area (Å²) in [5.41, 5.74) is 0.325. The molecule has 0 aromatic heterocycles. The van der Waals surface area contributed by atoms with Crippen LogP contribution in [0.5, 0.6) is 0 Å². The van der Waals surface area contributed by atoms with Crippen LogP contribution in [0.1, 0.15) is 44.6 Å². The van der Waals surface area contributed by atoms with Crippen LogP contribution in [0, 0.1) is 0 Å². The molecule has 0 heterocycles. The van der Waals surface area contributed by atoms with E-state index in [1.165, 1.54) is 12.5 Å². The summed E-state index contributed by atoms with van der Waals surface area (Å²) in [6.07, 6.45) is 5.04. The van der Waals surface area contributed by atoms with Crippen molar-refractivity contribution >= 4 is 26.0 Å². The van der Waals surface area contributed by atoms with Crippen molar-refractivity contribution in [1.82, 2.24) is 4.72 Å². The lowest BCUT2D eigenvalue weighted by Crippen LogP contribution is -2.47. The molecule has 2 rings (SSSR count). The van der Waals surface area contributed by atoms with Crippen LogP contribution >= 0.6 is 15.9 Å². The minimum atomic E-state index is -3.55. The standard InChI is InChI=1S/C14H20BrNO3S/c1-14(7-3-2-4-8-14)16-20(18,19)13-6-5-11(10-17)9-12(13)15/h5-6,9,16-17H,2-4,7-8,10H2,1H3. The lowest BCUT2D eigenvalue weighted by molar-refractivity contribution is 0.281. The molecule has 0 saturated heterocycles. The summed E-state index contributed by atoms with van der Waals surface area (Å²) in [5.74, 6) is 0. The molecular formula is C14H20BrNO3S. The maximum Gasteiger partial charge on any atom is 0.242 e. The Bertz CT molecular complexity index is 580. The molecule has 1 fully saturated rings. The van der Waals surface area contributed by atoms with E-state index >= 15 is 0 Å². The highest BCUT2D eigenvalue weighted by Gasteiger charge is 2.32. The van der Waals surface area contributed by atoms with E-state index in [1.54, 1.807) is 12.1 Å². The van der Waals surface area contributed by atoms with Crippen molar-refractivity contribution in [3.8, 4) is 0 Å². The Morgan fingerprint density at radius 1 is 1.30 bits per heavy atom. The molecule has 6 heteroatoms. The third kappa shape index (κ3) is 3.61. The largest absolute Gasteiger partial charge is 0.392 e. The third-order valence-electron chi connectivity index (χ3n) is 3.81. The number of hydrogen-bond acceptors (Lipinski definition) is 3. The summed E-state index contributed by atoms with van der Waals surface area (Å²) in [7, 11) is -3.55. The molecule has 0 unspecified atom stereocenters. The van der Waals surface area contributed by atoms with Crippen LogP contribution in [0.25, 0.3) is 0 Å². The van der Waals surface area contributed by atoms with Crippen molar-refractivity contribution in [2.75, 3.05) is 0 Å². The normalized spacial score (nSPS) is 18.9. The van der Waals surface area contributed by atoms with E-state index in [2.05, 4.69) is 20.7 Å². The topological polar surface area (TPSA) is 66.4 Å². The van der Waals surface area contributed by atoms with Gasteiger partial charge in [0.05, 0.1) is 11.5 Å². The Balaban J connectivity index is 2.26. The predicted molar refractivity (Wildman–Crippen MR) is 81.9 cm³/mol. The van der Waals surface area contributed by atoms with Gasteiger partial charge in [-0.05, 0) is 53.4 Å². The van der Waals surface area contributed by atoms with Crippen LogP contribution in [0.4, 0.5) is 0 Å². The number of sulfonamides is 1. The maximum atomic E-state index is 12.5. The highest BCUT2D eigenvalue weighted by Crippen LogP contribution is 2.31. The number of rotatable bonds is 4. The van der Waals surface area contributed by atoms with Crippen molar-refractivity contribution in [2.24, 2.45) is 0 Å². The molecule has 2 N–H and O–H groups in total. The number of aliphatic hydroxyl groups excluding tert-OH is 1. The summed E-state index contributed by atoms with van der Waals surface area (Å²) >= 11 is 3.28. The van der Waals surface area contributed by atoms with Gasteiger partial charge in [0.2, 0.25) is 10.0 Å². The molecule has 1 aromatic carbocycles. The first-order valence-electron chi connectivity index (χ1n) is 6.80. The van der Waals surface area contributed by atoms with Crippen LogP contribution < -0.4 is 4.72 Å². The Hall–Kier alpha value is -0.430. The molecule has 1 saturated carbocycles. The van der Waals surface area contributed by atoms with Crippen molar-refractivity contribution in [2.45, 2.75) is 56.1 Å². The zero-order valence-electron chi connectivity index (χ0n) is 11.5. The number of benzene rings is 1. The van der Waals surface area contributed by atoms with Gasteiger partial charge in [0, 0.05) is 10.0 Å². The van der Waals surface area contributed by atoms with E-state index < -0.39 is 10.0 Å². The lowest BCUT2D eigenvalue weighted by atomic mass is 9.84. The van der Waals surface area contributed by atoms with Gasteiger partial charge in [-0.25, -0.2) is 13.1 Å². The molecular weight excluding hydrogens is 342 g/mol. The summed E-state index contributed by atoms with van der Waals surface area (Å²) in [5, 5.41) is 9.07. The Morgan fingerprint density at radius 2 is 1.95 bits per heavy atom. The van der Waals surface area contributed by atoms with Crippen LogP contribution in [0.3, 0.4) is 0 Å². The van der Waals surface area contributed by atoms with E-state index in [9.17, 15) is 8.42 Å². The van der Waals surface area contributed by atoms with E-state index in [0.717, 1.165) is 25.7 Å². The molecule has 0 amide bonds. The molecule has 1 aliphatic rings. The number of hydrogen-bond donors (Lipinski definition) is 2. The highest BCUT2D eigenvalue weighted by molar-refractivity contribution is 9.10. The molecule has 4 nitrogen and oxygen atoms in total. The zero-order chi connectivity index (χ0) is 14.8. The van der Waals surface area contributed by atoms with E-state index in [0.29, 0.717) is 10.0 Å². The van der Waals surface area contributed by atoms with Gasteiger partial charge in [0.15, 0.2) is 0 Å². The minimum absolute atomic E-state index is 0.107. The van der Waals surface area contributed by atoms with Crippen LogP contribution in [0.2, 0.25) is 0 Å². The molecule has 1 aliphatic carbocycles. The van der Waals surface area contributed by atoms with Gasteiger partial charge in [-0.3, -0.25) is 0 Å². The Kier molecular flexibility index (Phi) is 4.89. The summed E-state index contributed by atoms with van der Waals surface area (Å²) in [6, 6.07) is 4.80. The molecule has 0 spiro atoms. The smallest absolute Gasteiger partial charge is 0.242 e. The van der Waals surface area contributed by atoms with Gasteiger partial charge in [0.1, 0.15) is 0 Å². The van der Waals surface area contributed by atoms with Gasteiger partial charge in [0.25, 0.3) is 0 Å².